The molecule has 0 aliphatic heterocycles. The van der Waals surface area contributed by atoms with Crippen LogP contribution in [0.1, 0.15) is 31.0 Å². The van der Waals surface area contributed by atoms with Crippen LogP contribution in [0.3, 0.4) is 0 Å². The molecule has 5 heteroatoms. The summed E-state index contributed by atoms with van der Waals surface area (Å²) in [5, 5.41) is 3.17. The van der Waals surface area contributed by atoms with E-state index in [9.17, 15) is 13.6 Å². The second kappa shape index (κ2) is 7.31. The maximum atomic E-state index is 13.9. The maximum absolute atomic E-state index is 13.9. The number of pyridine rings is 1. The molecule has 1 N–H and O–H groups in total. The second-order valence-corrected chi connectivity index (χ2v) is 5.27. The fraction of sp³-hybridized carbons (Fsp3) is 0.353. The Labute approximate surface area is 128 Å². The number of benzene rings is 1. The average Bonchev–Trinajstić information content (AvgIpc) is 2.47. The number of rotatable bonds is 6. The zero-order valence-corrected chi connectivity index (χ0v) is 12.8. The van der Waals surface area contributed by atoms with E-state index in [2.05, 4.69) is 12.2 Å². The topological polar surface area (TPSA) is 34.0 Å². The van der Waals surface area contributed by atoms with E-state index in [1.54, 1.807) is 6.92 Å². The molecule has 1 aromatic heterocycles. The lowest BCUT2D eigenvalue weighted by atomic mass is 10.2. The van der Waals surface area contributed by atoms with Crippen molar-refractivity contribution in [2.24, 2.45) is 0 Å². The Morgan fingerprint density at radius 1 is 1.23 bits per heavy atom. The molecule has 0 atom stereocenters. The molecule has 1 aromatic carbocycles. The summed E-state index contributed by atoms with van der Waals surface area (Å²) in [6.07, 6.45) is 3.59. The van der Waals surface area contributed by atoms with Crippen LogP contribution in [0.25, 0.3) is 5.69 Å². The number of para-hydroxylation sites is 1. The summed E-state index contributed by atoms with van der Waals surface area (Å²) in [6.45, 7) is 4.93. The van der Waals surface area contributed by atoms with Gasteiger partial charge in [0.1, 0.15) is 17.3 Å². The molecule has 0 spiro atoms. The van der Waals surface area contributed by atoms with Gasteiger partial charge in [-0.25, -0.2) is 8.78 Å². The minimum atomic E-state index is -0.656. The molecule has 0 saturated carbocycles. The molecule has 2 aromatic rings. The van der Waals surface area contributed by atoms with Crippen molar-refractivity contribution in [2.75, 3.05) is 6.54 Å². The minimum absolute atomic E-state index is 0.130. The van der Waals surface area contributed by atoms with Crippen LogP contribution in [0.5, 0.6) is 0 Å². The Balaban J connectivity index is 2.38. The fourth-order valence-corrected chi connectivity index (χ4v) is 2.29. The predicted octanol–water partition coefficient (Wildman–Crippen LogP) is 3.31. The molecule has 0 radical (unpaired) electrons. The Bertz CT molecular complexity index is 690. The molecule has 2 rings (SSSR count). The summed E-state index contributed by atoms with van der Waals surface area (Å²) in [5.41, 5.74) is 0.694. The summed E-state index contributed by atoms with van der Waals surface area (Å²) < 4.78 is 29.3. The first-order valence-corrected chi connectivity index (χ1v) is 7.42. The molecule has 1 heterocycles. The first-order valence-electron chi connectivity index (χ1n) is 7.42. The molecule has 0 bridgehead atoms. The minimum Gasteiger partial charge on any atom is -0.316 e. The van der Waals surface area contributed by atoms with Crippen molar-refractivity contribution in [3.05, 3.63) is 63.6 Å². The number of nitrogens with one attached hydrogen (secondary N) is 1. The quantitative estimate of drug-likeness (QED) is 0.831. The van der Waals surface area contributed by atoms with E-state index in [1.807, 2.05) is 0 Å². The number of hydrogen-bond acceptors (Lipinski definition) is 2. The van der Waals surface area contributed by atoms with Crippen LogP contribution >= 0.6 is 0 Å². The first kappa shape index (κ1) is 16.4. The van der Waals surface area contributed by atoms with Gasteiger partial charge in [-0.3, -0.25) is 4.79 Å². The van der Waals surface area contributed by atoms with Crippen molar-refractivity contribution in [2.45, 2.75) is 33.2 Å². The summed E-state index contributed by atoms with van der Waals surface area (Å²) in [5.74, 6) is -1.31. The number of aryl methyl sites for hydroxylation is 1. The highest BCUT2D eigenvalue weighted by atomic mass is 19.1. The van der Waals surface area contributed by atoms with E-state index in [0.717, 1.165) is 19.4 Å². The summed E-state index contributed by atoms with van der Waals surface area (Å²) in [7, 11) is 0. The number of aromatic nitrogens is 1. The van der Waals surface area contributed by atoms with Crippen LogP contribution in [-0.4, -0.2) is 11.1 Å². The third kappa shape index (κ3) is 3.60. The number of halogens is 2. The van der Waals surface area contributed by atoms with Crippen LogP contribution in [0.4, 0.5) is 8.78 Å². The molecule has 22 heavy (non-hydrogen) atoms. The number of hydrogen-bond donors (Lipinski definition) is 1. The molecule has 3 nitrogen and oxygen atoms in total. The molecule has 0 aliphatic rings. The lowest BCUT2D eigenvalue weighted by Crippen LogP contribution is -2.22. The maximum Gasteiger partial charge on any atom is 0.186 e. The van der Waals surface area contributed by atoms with Crippen LogP contribution in [0, 0.1) is 18.6 Å². The Hall–Kier alpha value is -2.01. The number of unbranched alkanes of at least 4 members (excludes halogenated alkanes) is 1. The van der Waals surface area contributed by atoms with Gasteiger partial charge in [0, 0.05) is 30.1 Å². The van der Waals surface area contributed by atoms with Crippen LogP contribution < -0.4 is 10.7 Å². The lowest BCUT2D eigenvalue weighted by Gasteiger charge is -2.14. The second-order valence-electron chi connectivity index (χ2n) is 5.27. The lowest BCUT2D eigenvalue weighted by molar-refractivity contribution is 0.565. The zero-order valence-electron chi connectivity index (χ0n) is 12.8. The zero-order chi connectivity index (χ0) is 16.1. The van der Waals surface area contributed by atoms with Crippen molar-refractivity contribution >= 4 is 0 Å². The molecule has 0 amide bonds. The van der Waals surface area contributed by atoms with E-state index >= 15 is 0 Å². The van der Waals surface area contributed by atoms with Gasteiger partial charge in [0.2, 0.25) is 0 Å². The smallest absolute Gasteiger partial charge is 0.186 e. The van der Waals surface area contributed by atoms with Gasteiger partial charge in [0.25, 0.3) is 0 Å². The van der Waals surface area contributed by atoms with Crippen molar-refractivity contribution in [1.29, 1.82) is 0 Å². The number of nitrogens with zero attached hydrogens (tertiary/aromatic N) is 1. The third-order valence-electron chi connectivity index (χ3n) is 3.52. The van der Waals surface area contributed by atoms with E-state index < -0.39 is 11.6 Å². The predicted molar refractivity (Wildman–Crippen MR) is 83.3 cm³/mol. The molecule has 0 saturated heterocycles. The van der Waals surface area contributed by atoms with Gasteiger partial charge >= 0.3 is 0 Å². The van der Waals surface area contributed by atoms with Gasteiger partial charge < -0.3 is 9.88 Å². The average molecular weight is 306 g/mol. The van der Waals surface area contributed by atoms with E-state index in [4.69, 9.17) is 0 Å². The Kier molecular flexibility index (Phi) is 5.44. The highest BCUT2D eigenvalue weighted by Crippen LogP contribution is 2.19. The normalized spacial score (nSPS) is 10.9. The SMILES string of the molecule is CCCCNCc1cn(-c2c(F)cccc2F)c(C)cc1=O. The largest absolute Gasteiger partial charge is 0.316 e. The monoisotopic (exact) mass is 306 g/mol. The summed E-state index contributed by atoms with van der Waals surface area (Å²) in [6, 6.07) is 5.13. The van der Waals surface area contributed by atoms with Crippen molar-refractivity contribution in [3.63, 3.8) is 0 Å². The van der Waals surface area contributed by atoms with Crippen molar-refractivity contribution in [1.82, 2.24) is 9.88 Å². The molecule has 118 valence electrons. The van der Waals surface area contributed by atoms with Crippen LogP contribution in [-0.2, 0) is 6.54 Å². The Morgan fingerprint density at radius 3 is 2.55 bits per heavy atom. The van der Waals surface area contributed by atoms with E-state index in [1.165, 1.54) is 35.0 Å². The van der Waals surface area contributed by atoms with Gasteiger partial charge in [-0.15, -0.1) is 0 Å². The van der Waals surface area contributed by atoms with Crippen LogP contribution in [0.15, 0.2) is 35.3 Å². The van der Waals surface area contributed by atoms with E-state index in [-0.39, 0.29) is 11.1 Å². The fourth-order valence-electron chi connectivity index (χ4n) is 2.29. The van der Waals surface area contributed by atoms with Crippen molar-refractivity contribution in [3.8, 4) is 5.69 Å². The van der Waals surface area contributed by atoms with Gasteiger partial charge in [0.05, 0.1) is 0 Å². The Morgan fingerprint density at radius 2 is 1.91 bits per heavy atom. The standard InChI is InChI=1S/C17H20F2N2O/c1-3-4-8-20-10-13-11-21(12(2)9-16(13)22)17-14(18)6-5-7-15(17)19/h5-7,9,11,20H,3-4,8,10H2,1-2H3. The summed E-state index contributed by atoms with van der Waals surface area (Å²) in [4.78, 5) is 12.0. The van der Waals surface area contributed by atoms with Crippen LogP contribution in [0.2, 0.25) is 0 Å². The molecular formula is C17H20F2N2O. The van der Waals surface area contributed by atoms with Gasteiger partial charge in [-0.1, -0.05) is 19.4 Å². The van der Waals surface area contributed by atoms with Gasteiger partial charge in [0.15, 0.2) is 5.43 Å². The van der Waals surface area contributed by atoms with Crippen molar-refractivity contribution < 1.29 is 8.78 Å². The molecular weight excluding hydrogens is 286 g/mol. The summed E-state index contributed by atoms with van der Waals surface area (Å²) >= 11 is 0. The third-order valence-corrected chi connectivity index (χ3v) is 3.52. The molecule has 0 unspecified atom stereocenters. The highest BCUT2D eigenvalue weighted by Gasteiger charge is 2.13. The molecule has 0 fully saturated rings. The van der Waals surface area contributed by atoms with Gasteiger partial charge in [-0.05, 0) is 32.0 Å². The highest BCUT2D eigenvalue weighted by molar-refractivity contribution is 5.38. The van der Waals surface area contributed by atoms with E-state index in [0.29, 0.717) is 17.8 Å². The van der Waals surface area contributed by atoms with Gasteiger partial charge in [-0.2, -0.15) is 0 Å². The molecule has 0 aliphatic carbocycles. The first-order chi connectivity index (χ1) is 10.5.